The van der Waals surface area contributed by atoms with Gasteiger partial charge in [-0.25, -0.2) is 9.79 Å². The lowest BCUT2D eigenvalue weighted by Gasteiger charge is -2.25. The van der Waals surface area contributed by atoms with E-state index in [2.05, 4.69) is 4.99 Å². The Bertz CT molecular complexity index is 1650. The van der Waals surface area contributed by atoms with Crippen LogP contribution in [-0.4, -0.2) is 35.1 Å². The number of benzene rings is 2. The number of nitro groups is 1. The summed E-state index contributed by atoms with van der Waals surface area (Å²) >= 11 is 1.13. The van der Waals surface area contributed by atoms with Gasteiger partial charge in [-0.05, 0) is 55.3 Å². The molecule has 12 heteroatoms. The summed E-state index contributed by atoms with van der Waals surface area (Å²) in [5.41, 5.74) is 1.20. The molecule has 0 radical (unpaired) electrons. The van der Waals surface area contributed by atoms with Gasteiger partial charge < -0.3 is 14.2 Å². The largest absolute Gasteiger partial charge is 0.493 e. The first kappa shape index (κ1) is 26.5. The zero-order valence-corrected chi connectivity index (χ0v) is 21.7. The van der Waals surface area contributed by atoms with Gasteiger partial charge in [-0.1, -0.05) is 17.4 Å². The van der Waals surface area contributed by atoms with Crippen molar-refractivity contribution in [3.05, 3.63) is 94.7 Å². The average molecular weight is 538 g/mol. The van der Waals surface area contributed by atoms with Crippen molar-refractivity contribution in [3.8, 4) is 11.5 Å². The third-order valence-corrected chi connectivity index (χ3v) is 6.66. The van der Waals surface area contributed by atoms with E-state index in [0.717, 1.165) is 11.3 Å². The SMILES string of the molecule is CCOC(=O)C1=C(C)N=c2s/c(=C/c3ccc([N+](=O)[O-])cc3)c(=O)n2[C@@H]1c1ccc(OC(C)=O)c(OC)c1. The molecule has 11 nitrogen and oxygen atoms in total. The van der Waals surface area contributed by atoms with E-state index in [9.17, 15) is 24.5 Å². The lowest BCUT2D eigenvalue weighted by Crippen LogP contribution is -2.40. The first-order chi connectivity index (χ1) is 18.1. The number of hydrogen-bond acceptors (Lipinski definition) is 10. The highest BCUT2D eigenvalue weighted by Crippen LogP contribution is 2.36. The van der Waals surface area contributed by atoms with Gasteiger partial charge in [0.25, 0.3) is 11.2 Å². The van der Waals surface area contributed by atoms with E-state index in [0.29, 0.717) is 26.2 Å². The number of esters is 2. The molecule has 196 valence electrons. The average Bonchev–Trinajstić information content (AvgIpc) is 3.17. The van der Waals surface area contributed by atoms with Crippen LogP contribution in [0.15, 0.2) is 63.5 Å². The zero-order chi connectivity index (χ0) is 27.6. The van der Waals surface area contributed by atoms with E-state index >= 15 is 0 Å². The van der Waals surface area contributed by atoms with Gasteiger partial charge in [-0.3, -0.25) is 24.3 Å². The van der Waals surface area contributed by atoms with Crippen LogP contribution >= 0.6 is 11.3 Å². The first-order valence-electron chi connectivity index (χ1n) is 11.4. The van der Waals surface area contributed by atoms with Crippen molar-refractivity contribution < 1.29 is 28.7 Å². The van der Waals surface area contributed by atoms with Crippen molar-refractivity contribution >= 4 is 35.0 Å². The second-order valence-corrected chi connectivity index (χ2v) is 9.16. The van der Waals surface area contributed by atoms with Gasteiger partial charge in [0, 0.05) is 19.1 Å². The summed E-state index contributed by atoms with van der Waals surface area (Å²) in [6, 6.07) is 9.65. The third kappa shape index (κ3) is 5.11. The van der Waals surface area contributed by atoms with Gasteiger partial charge in [0.1, 0.15) is 0 Å². The number of aromatic nitrogens is 1. The summed E-state index contributed by atoms with van der Waals surface area (Å²) in [7, 11) is 1.41. The highest BCUT2D eigenvalue weighted by Gasteiger charge is 2.34. The second kappa shape index (κ2) is 10.8. The van der Waals surface area contributed by atoms with Crippen molar-refractivity contribution in [2.75, 3.05) is 13.7 Å². The maximum absolute atomic E-state index is 13.7. The standard InChI is InChI=1S/C26H23N3O8S/c1-5-36-25(32)22-14(2)27-26-28(23(22)17-8-11-19(37-15(3)30)20(13-17)35-4)24(31)21(38-26)12-16-6-9-18(10-7-16)29(33)34/h6-13,23H,5H2,1-4H3/b21-12+/t23-/m1/s1. The molecule has 1 aliphatic heterocycles. The highest BCUT2D eigenvalue weighted by atomic mass is 32.1. The van der Waals surface area contributed by atoms with E-state index in [1.807, 2.05) is 0 Å². The molecule has 2 heterocycles. The number of nitrogens with zero attached hydrogens (tertiary/aromatic N) is 3. The van der Waals surface area contributed by atoms with Gasteiger partial charge in [0.2, 0.25) is 0 Å². The smallest absolute Gasteiger partial charge is 0.338 e. The number of fused-ring (bicyclic) bond motifs is 1. The van der Waals surface area contributed by atoms with Gasteiger partial charge in [0.05, 0.1) is 40.5 Å². The van der Waals surface area contributed by atoms with Gasteiger partial charge in [0.15, 0.2) is 16.3 Å². The van der Waals surface area contributed by atoms with Crippen LogP contribution in [0.1, 0.15) is 37.9 Å². The number of rotatable bonds is 7. The number of carbonyl (C=O) groups excluding carboxylic acids is 2. The molecular formula is C26H23N3O8S. The number of allylic oxidation sites excluding steroid dienone is 1. The third-order valence-electron chi connectivity index (χ3n) is 5.68. The van der Waals surface area contributed by atoms with Crippen LogP contribution in [0.4, 0.5) is 5.69 Å². The fourth-order valence-corrected chi connectivity index (χ4v) is 5.09. The van der Waals surface area contributed by atoms with Crippen LogP contribution in [0.5, 0.6) is 11.5 Å². The predicted molar refractivity (Wildman–Crippen MR) is 138 cm³/mol. The molecule has 1 aromatic heterocycles. The molecule has 3 aromatic rings. The van der Waals surface area contributed by atoms with Crippen LogP contribution in [0.2, 0.25) is 0 Å². The molecular weight excluding hydrogens is 514 g/mol. The Morgan fingerprint density at radius 2 is 1.89 bits per heavy atom. The molecule has 2 aromatic carbocycles. The topological polar surface area (TPSA) is 139 Å². The molecule has 0 saturated carbocycles. The van der Waals surface area contributed by atoms with Gasteiger partial charge in [-0.2, -0.15) is 0 Å². The molecule has 0 spiro atoms. The number of methoxy groups -OCH3 is 1. The Labute approximate surface area is 220 Å². The lowest BCUT2D eigenvalue weighted by molar-refractivity contribution is -0.384. The first-order valence-corrected chi connectivity index (χ1v) is 12.3. The molecule has 0 saturated heterocycles. The number of carbonyl (C=O) groups is 2. The summed E-state index contributed by atoms with van der Waals surface area (Å²) in [6.07, 6.45) is 1.61. The lowest BCUT2D eigenvalue weighted by atomic mass is 9.95. The zero-order valence-electron chi connectivity index (χ0n) is 20.9. The fourth-order valence-electron chi connectivity index (χ4n) is 4.04. The quantitative estimate of drug-likeness (QED) is 0.194. The molecule has 0 N–H and O–H groups in total. The number of ether oxygens (including phenoxy) is 3. The second-order valence-electron chi connectivity index (χ2n) is 8.15. The van der Waals surface area contributed by atoms with Crippen molar-refractivity contribution in [3.63, 3.8) is 0 Å². The van der Waals surface area contributed by atoms with Crippen LogP contribution in [0, 0.1) is 10.1 Å². The van der Waals surface area contributed by atoms with Crippen LogP contribution in [0.25, 0.3) is 6.08 Å². The van der Waals surface area contributed by atoms with Crippen LogP contribution in [0.3, 0.4) is 0 Å². The van der Waals surface area contributed by atoms with E-state index in [1.165, 1.54) is 36.8 Å². The predicted octanol–water partition coefficient (Wildman–Crippen LogP) is 2.64. The van der Waals surface area contributed by atoms with Crippen molar-refractivity contribution in [2.45, 2.75) is 26.8 Å². The maximum atomic E-state index is 13.7. The number of nitro benzene ring substituents is 1. The van der Waals surface area contributed by atoms with E-state index in [1.54, 1.807) is 44.2 Å². The number of thiazole rings is 1. The fraction of sp³-hybridized carbons (Fsp3) is 0.231. The van der Waals surface area contributed by atoms with Crippen molar-refractivity contribution in [1.82, 2.24) is 4.57 Å². The van der Waals surface area contributed by atoms with Gasteiger partial charge in [-0.15, -0.1) is 0 Å². The molecule has 4 rings (SSSR count). The summed E-state index contributed by atoms with van der Waals surface area (Å²) in [6.45, 7) is 4.74. The molecule has 0 bridgehead atoms. The highest BCUT2D eigenvalue weighted by molar-refractivity contribution is 7.07. The minimum absolute atomic E-state index is 0.0653. The molecule has 1 atom stereocenters. The van der Waals surface area contributed by atoms with Gasteiger partial charge >= 0.3 is 11.9 Å². The normalized spacial score (nSPS) is 14.9. The molecule has 0 unspecified atom stereocenters. The van der Waals surface area contributed by atoms with Crippen molar-refractivity contribution in [1.29, 1.82) is 0 Å². The Hall–Kier alpha value is -4.58. The summed E-state index contributed by atoms with van der Waals surface area (Å²) in [5, 5.41) is 11.0. The monoisotopic (exact) mass is 537 g/mol. The van der Waals surface area contributed by atoms with Crippen molar-refractivity contribution in [2.24, 2.45) is 4.99 Å². The van der Waals surface area contributed by atoms with E-state index < -0.39 is 28.5 Å². The molecule has 38 heavy (non-hydrogen) atoms. The molecule has 1 aliphatic rings. The summed E-state index contributed by atoms with van der Waals surface area (Å²) in [4.78, 5) is 53.6. The van der Waals surface area contributed by atoms with Crippen LogP contribution in [-0.2, 0) is 14.3 Å². The Morgan fingerprint density at radius 1 is 1.18 bits per heavy atom. The summed E-state index contributed by atoms with van der Waals surface area (Å²) in [5.74, 6) is -0.721. The Morgan fingerprint density at radius 3 is 2.50 bits per heavy atom. The summed E-state index contributed by atoms with van der Waals surface area (Å²) < 4.78 is 17.6. The maximum Gasteiger partial charge on any atom is 0.338 e. The number of hydrogen-bond donors (Lipinski definition) is 0. The van der Waals surface area contributed by atoms with E-state index in [-0.39, 0.29) is 29.4 Å². The Balaban J connectivity index is 1.92. The molecule has 0 aliphatic carbocycles. The van der Waals surface area contributed by atoms with Crippen LogP contribution < -0.4 is 24.4 Å². The number of non-ortho nitro benzene ring substituents is 1. The minimum atomic E-state index is -0.899. The van der Waals surface area contributed by atoms with E-state index in [4.69, 9.17) is 14.2 Å². The minimum Gasteiger partial charge on any atom is -0.493 e. The Kier molecular flexibility index (Phi) is 7.53. The molecule has 0 fully saturated rings. The molecule has 0 amide bonds.